The Morgan fingerprint density at radius 2 is 1.57 bits per heavy atom. The Bertz CT molecular complexity index is 1610. The van der Waals surface area contributed by atoms with Crippen molar-refractivity contribution in [2.75, 3.05) is 26.2 Å². The van der Waals surface area contributed by atoms with Crippen molar-refractivity contribution in [3.8, 4) is 0 Å². The number of aromatic nitrogens is 5. The fourth-order valence-electron chi connectivity index (χ4n) is 5.66. The van der Waals surface area contributed by atoms with Crippen LogP contribution in [0.25, 0.3) is 10.9 Å². The van der Waals surface area contributed by atoms with Gasteiger partial charge in [0, 0.05) is 50.3 Å². The highest BCUT2D eigenvalue weighted by molar-refractivity contribution is 5.80. The van der Waals surface area contributed by atoms with E-state index >= 15 is 0 Å². The fourth-order valence-corrected chi connectivity index (χ4v) is 5.66. The van der Waals surface area contributed by atoms with E-state index in [2.05, 4.69) is 91.8 Å². The molecule has 0 spiro atoms. The topological polar surface area (TPSA) is 82.9 Å². The number of piperazine rings is 1. The zero-order valence-corrected chi connectivity index (χ0v) is 22.9. The fraction of sp³-hybridized carbons (Fsp3) is 0.312. The van der Waals surface area contributed by atoms with Gasteiger partial charge in [-0.25, -0.2) is 4.68 Å². The van der Waals surface area contributed by atoms with Gasteiger partial charge < -0.3 is 4.98 Å². The highest BCUT2D eigenvalue weighted by atomic mass is 16.1. The highest BCUT2D eigenvalue weighted by Gasteiger charge is 2.32. The van der Waals surface area contributed by atoms with Crippen molar-refractivity contribution in [1.82, 2.24) is 35.0 Å². The number of pyridine rings is 1. The molecule has 1 saturated heterocycles. The van der Waals surface area contributed by atoms with E-state index in [9.17, 15) is 4.79 Å². The summed E-state index contributed by atoms with van der Waals surface area (Å²) in [6.45, 7) is 7.15. The summed E-state index contributed by atoms with van der Waals surface area (Å²) in [5, 5.41) is 14.0. The van der Waals surface area contributed by atoms with Gasteiger partial charge >= 0.3 is 0 Å². The first-order valence-electron chi connectivity index (χ1n) is 14.1. The quantitative estimate of drug-likeness (QED) is 0.305. The average Bonchev–Trinajstić information content (AvgIpc) is 3.46. The molecule has 0 bridgehead atoms. The molecule has 5 aromatic rings. The van der Waals surface area contributed by atoms with Crippen molar-refractivity contribution < 1.29 is 0 Å². The third-order valence-electron chi connectivity index (χ3n) is 7.92. The predicted molar refractivity (Wildman–Crippen MR) is 157 cm³/mol. The van der Waals surface area contributed by atoms with Gasteiger partial charge in [-0.15, -0.1) is 5.10 Å². The molecule has 0 unspecified atom stereocenters. The number of rotatable bonds is 9. The zero-order valence-electron chi connectivity index (χ0n) is 22.9. The van der Waals surface area contributed by atoms with E-state index in [0.29, 0.717) is 17.9 Å². The van der Waals surface area contributed by atoms with E-state index in [1.807, 2.05) is 35.0 Å². The smallest absolute Gasteiger partial charge is 0.253 e. The standard InChI is InChI=1S/C32H35N7O/c1-2-24-13-14-29-27(21-24)22-28(32(40)33-29)30(31-34-35-36-39(31)16-15-25-9-5-3-6-10-25)38-19-17-37(18-20-38)23-26-11-7-4-8-12-26/h3-14,21-22,30H,2,15-20,23H2,1H3,(H,33,40)/t30-/m1/s1. The number of fused-ring (bicyclic) bond motifs is 1. The normalized spacial score (nSPS) is 15.4. The summed E-state index contributed by atoms with van der Waals surface area (Å²) in [5.41, 5.74) is 5.23. The first-order chi connectivity index (χ1) is 19.7. The van der Waals surface area contributed by atoms with Crippen molar-refractivity contribution in [3.05, 3.63) is 123 Å². The summed E-state index contributed by atoms with van der Waals surface area (Å²) < 4.78 is 1.88. The Balaban J connectivity index is 1.32. The Hall–Kier alpha value is -4.14. The monoisotopic (exact) mass is 533 g/mol. The summed E-state index contributed by atoms with van der Waals surface area (Å²) in [5.74, 6) is 0.712. The van der Waals surface area contributed by atoms with Gasteiger partial charge in [0.2, 0.25) is 0 Å². The van der Waals surface area contributed by atoms with Crippen LogP contribution >= 0.6 is 0 Å². The molecule has 204 valence electrons. The maximum Gasteiger partial charge on any atom is 0.253 e. The van der Waals surface area contributed by atoms with E-state index in [1.165, 1.54) is 16.7 Å². The lowest BCUT2D eigenvalue weighted by atomic mass is 10.0. The second-order valence-corrected chi connectivity index (χ2v) is 10.5. The molecule has 1 aliphatic heterocycles. The molecule has 1 fully saturated rings. The molecule has 1 atom stereocenters. The molecule has 0 amide bonds. The van der Waals surface area contributed by atoms with Crippen LogP contribution in [-0.4, -0.2) is 61.2 Å². The third kappa shape index (κ3) is 5.73. The molecule has 1 N–H and O–H groups in total. The van der Waals surface area contributed by atoms with Gasteiger partial charge in [-0.3, -0.25) is 14.6 Å². The first kappa shape index (κ1) is 26.1. The summed E-state index contributed by atoms with van der Waals surface area (Å²) >= 11 is 0. The number of benzene rings is 3. The summed E-state index contributed by atoms with van der Waals surface area (Å²) in [6.07, 6.45) is 1.75. The average molecular weight is 534 g/mol. The number of hydrogen-bond donors (Lipinski definition) is 1. The lowest BCUT2D eigenvalue weighted by Crippen LogP contribution is -2.48. The highest BCUT2D eigenvalue weighted by Crippen LogP contribution is 2.28. The SMILES string of the molecule is CCc1ccc2[nH]c(=O)c([C@H](c3nnnn3CCc3ccccc3)N3CCN(Cc4ccccc4)CC3)cc2c1. The lowest BCUT2D eigenvalue weighted by Gasteiger charge is -2.38. The van der Waals surface area contributed by atoms with Gasteiger partial charge in [0.05, 0.1) is 0 Å². The van der Waals surface area contributed by atoms with Crippen LogP contribution in [-0.2, 0) is 25.9 Å². The van der Waals surface area contributed by atoms with Gasteiger partial charge in [-0.2, -0.15) is 0 Å². The number of aryl methyl sites for hydroxylation is 3. The molecular weight excluding hydrogens is 498 g/mol. The summed E-state index contributed by atoms with van der Waals surface area (Å²) in [7, 11) is 0. The molecule has 3 heterocycles. The van der Waals surface area contributed by atoms with Crippen LogP contribution in [0.4, 0.5) is 0 Å². The zero-order chi connectivity index (χ0) is 27.3. The minimum atomic E-state index is -0.344. The van der Waals surface area contributed by atoms with Gasteiger partial charge in [0.1, 0.15) is 6.04 Å². The van der Waals surface area contributed by atoms with Crippen molar-refractivity contribution >= 4 is 10.9 Å². The van der Waals surface area contributed by atoms with E-state index in [1.54, 1.807) is 0 Å². The van der Waals surface area contributed by atoms with Gasteiger partial charge in [-0.1, -0.05) is 73.7 Å². The molecule has 1 aliphatic rings. The Kier molecular flexibility index (Phi) is 7.79. The molecule has 8 heteroatoms. The van der Waals surface area contributed by atoms with Crippen molar-refractivity contribution in [2.45, 2.75) is 38.9 Å². The Morgan fingerprint density at radius 1 is 0.850 bits per heavy atom. The van der Waals surface area contributed by atoms with Crippen LogP contribution in [0.15, 0.2) is 89.7 Å². The minimum Gasteiger partial charge on any atom is -0.322 e. The molecule has 3 aromatic carbocycles. The second-order valence-electron chi connectivity index (χ2n) is 10.5. The van der Waals surface area contributed by atoms with E-state index in [-0.39, 0.29) is 11.6 Å². The maximum absolute atomic E-state index is 13.6. The van der Waals surface area contributed by atoms with Crippen molar-refractivity contribution in [1.29, 1.82) is 0 Å². The number of nitrogens with zero attached hydrogens (tertiary/aromatic N) is 6. The lowest BCUT2D eigenvalue weighted by molar-refractivity contribution is 0.0996. The van der Waals surface area contributed by atoms with E-state index in [0.717, 1.165) is 56.5 Å². The van der Waals surface area contributed by atoms with Crippen molar-refractivity contribution in [2.24, 2.45) is 0 Å². The third-order valence-corrected chi connectivity index (χ3v) is 7.92. The molecule has 2 aromatic heterocycles. The van der Waals surface area contributed by atoms with Crippen LogP contribution in [0.1, 0.15) is 41.0 Å². The van der Waals surface area contributed by atoms with Gasteiger partial charge in [-0.05, 0) is 63.5 Å². The van der Waals surface area contributed by atoms with Gasteiger partial charge in [0.25, 0.3) is 5.56 Å². The van der Waals surface area contributed by atoms with Crippen LogP contribution < -0.4 is 5.56 Å². The largest absolute Gasteiger partial charge is 0.322 e. The van der Waals surface area contributed by atoms with Crippen LogP contribution in [0.2, 0.25) is 0 Å². The Labute approximate surface area is 234 Å². The second kappa shape index (κ2) is 11.9. The number of H-pyrrole nitrogens is 1. The maximum atomic E-state index is 13.6. The van der Waals surface area contributed by atoms with E-state index in [4.69, 9.17) is 0 Å². The number of aromatic amines is 1. The van der Waals surface area contributed by atoms with Crippen LogP contribution in [0, 0.1) is 0 Å². The molecule has 8 nitrogen and oxygen atoms in total. The van der Waals surface area contributed by atoms with Crippen molar-refractivity contribution in [3.63, 3.8) is 0 Å². The van der Waals surface area contributed by atoms with E-state index < -0.39 is 0 Å². The molecule has 0 aliphatic carbocycles. The number of hydrogen-bond acceptors (Lipinski definition) is 6. The summed E-state index contributed by atoms with van der Waals surface area (Å²) in [4.78, 5) is 21.6. The molecular formula is C32H35N7O. The summed E-state index contributed by atoms with van der Waals surface area (Å²) in [6, 6.07) is 28.9. The molecule has 0 radical (unpaired) electrons. The van der Waals surface area contributed by atoms with Crippen LogP contribution in [0.3, 0.4) is 0 Å². The predicted octanol–water partition coefficient (Wildman–Crippen LogP) is 4.23. The number of nitrogens with one attached hydrogen (secondary N) is 1. The molecule has 6 rings (SSSR count). The first-order valence-corrected chi connectivity index (χ1v) is 14.1. The molecule has 40 heavy (non-hydrogen) atoms. The van der Waals surface area contributed by atoms with Crippen LogP contribution in [0.5, 0.6) is 0 Å². The van der Waals surface area contributed by atoms with Gasteiger partial charge in [0.15, 0.2) is 5.82 Å². The Morgan fingerprint density at radius 3 is 2.30 bits per heavy atom. The minimum absolute atomic E-state index is 0.0916. The molecule has 0 saturated carbocycles. The number of tetrazole rings is 1.